The van der Waals surface area contributed by atoms with Crippen LogP contribution in [0.3, 0.4) is 0 Å². The van der Waals surface area contributed by atoms with Crippen molar-refractivity contribution in [1.82, 2.24) is 0 Å². The topological polar surface area (TPSA) is 44.8 Å². The Bertz CT molecular complexity index is 939. The normalized spacial score (nSPS) is 11.1. The van der Waals surface area contributed by atoms with Gasteiger partial charge in [0, 0.05) is 6.42 Å². The molecule has 0 N–H and O–H groups in total. The minimum absolute atomic E-state index is 0.120. The molecule has 0 unspecified atom stereocenters. The van der Waals surface area contributed by atoms with Gasteiger partial charge in [0.05, 0.1) is 6.61 Å². The minimum atomic E-state index is -0.273. The lowest BCUT2D eigenvalue weighted by Crippen LogP contribution is -2.11. The zero-order chi connectivity index (χ0) is 22.1. The number of benzene rings is 3. The Balaban J connectivity index is 1.35. The first-order valence-corrected chi connectivity index (χ1v) is 10.6. The molecule has 4 heteroatoms. The van der Waals surface area contributed by atoms with Gasteiger partial charge >= 0.3 is 5.97 Å². The smallest absolute Gasteiger partial charge is 0.311 e. The van der Waals surface area contributed by atoms with Gasteiger partial charge < -0.3 is 14.2 Å². The summed E-state index contributed by atoms with van der Waals surface area (Å²) < 4.78 is 16.9. The van der Waals surface area contributed by atoms with E-state index in [-0.39, 0.29) is 11.4 Å². The lowest BCUT2D eigenvalue weighted by molar-refractivity contribution is -0.134. The van der Waals surface area contributed by atoms with Gasteiger partial charge in [0.1, 0.15) is 23.9 Å². The fourth-order valence-electron chi connectivity index (χ4n) is 2.98. The second-order valence-corrected chi connectivity index (χ2v) is 8.45. The van der Waals surface area contributed by atoms with E-state index in [9.17, 15) is 4.79 Å². The highest BCUT2D eigenvalue weighted by atomic mass is 16.5. The minimum Gasteiger partial charge on any atom is -0.494 e. The number of rotatable bonds is 9. The van der Waals surface area contributed by atoms with Crippen LogP contribution in [0.25, 0.3) is 0 Å². The van der Waals surface area contributed by atoms with Crippen LogP contribution in [0.2, 0.25) is 0 Å². The molecule has 0 radical (unpaired) electrons. The Morgan fingerprint density at radius 1 is 0.742 bits per heavy atom. The molecule has 0 spiro atoms. The summed E-state index contributed by atoms with van der Waals surface area (Å²) in [5.74, 6) is 1.78. The van der Waals surface area contributed by atoms with Crippen LogP contribution in [-0.4, -0.2) is 12.6 Å². The summed E-state index contributed by atoms with van der Waals surface area (Å²) >= 11 is 0. The number of ether oxygens (including phenoxy) is 3. The second kappa shape index (κ2) is 10.7. The molecule has 0 aliphatic carbocycles. The van der Waals surface area contributed by atoms with Crippen LogP contribution in [0.4, 0.5) is 0 Å². The molecule has 0 saturated carbocycles. The Kier molecular flexibility index (Phi) is 7.71. The lowest BCUT2D eigenvalue weighted by Gasteiger charge is -2.19. The molecule has 3 aromatic rings. The van der Waals surface area contributed by atoms with Gasteiger partial charge in [-0.3, -0.25) is 4.79 Å². The average Bonchev–Trinajstić information content (AvgIpc) is 2.77. The van der Waals surface area contributed by atoms with E-state index in [0.29, 0.717) is 31.8 Å². The number of hydrogen-bond acceptors (Lipinski definition) is 4. The van der Waals surface area contributed by atoms with Crippen molar-refractivity contribution in [3.63, 3.8) is 0 Å². The van der Waals surface area contributed by atoms with Crippen LogP contribution in [0.5, 0.6) is 17.2 Å². The third-order valence-corrected chi connectivity index (χ3v) is 4.82. The molecule has 0 bridgehead atoms. The molecular weight excluding hydrogens is 388 g/mol. The predicted molar refractivity (Wildman–Crippen MR) is 123 cm³/mol. The van der Waals surface area contributed by atoms with Crippen LogP contribution >= 0.6 is 0 Å². The second-order valence-electron chi connectivity index (χ2n) is 8.45. The standard InChI is InChI=1S/C27H30O4/c1-27(2,3)22-11-13-23(14-12-22)29-19-7-10-26(28)31-25-17-15-24(16-18-25)30-20-21-8-5-4-6-9-21/h4-6,8-9,11-18H,7,10,19-20H2,1-3H3. The van der Waals surface area contributed by atoms with E-state index in [0.717, 1.165) is 17.1 Å². The zero-order valence-electron chi connectivity index (χ0n) is 18.5. The zero-order valence-corrected chi connectivity index (χ0v) is 18.5. The highest BCUT2D eigenvalue weighted by Crippen LogP contribution is 2.24. The van der Waals surface area contributed by atoms with E-state index in [4.69, 9.17) is 14.2 Å². The first-order valence-electron chi connectivity index (χ1n) is 10.6. The van der Waals surface area contributed by atoms with Gasteiger partial charge in [-0.2, -0.15) is 0 Å². The Hall–Kier alpha value is -3.27. The third kappa shape index (κ3) is 7.49. The molecule has 3 aromatic carbocycles. The maximum Gasteiger partial charge on any atom is 0.311 e. The fraction of sp³-hybridized carbons (Fsp3) is 0.296. The Labute approximate surface area is 184 Å². The molecule has 4 nitrogen and oxygen atoms in total. The van der Waals surface area contributed by atoms with Crippen LogP contribution < -0.4 is 14.2 Å². The number of esters is 1. The molecule has 31 heavy (non-hydrogen) atoms. The van der Waals surface area contributed by atoms with Gasteiger partial charge in [0.2, 0.25) is 0 Å². The summed E-state index contributed by atoms with van der Waals surface area (Å²) in [4.78, 5) is 12.1. The maximum absolute atomic E-state index is 12.1. The highest BCUT2D eigenvalue weighted by molar-refractivity contribution is 5.72. The van der Waals surface area contributed by atoms with Crippen molar-refractivity contribution in [1.29, 1.82) is 0 Å². The van der Waals surface area contributed by atoms with Crippen LogP contribution in [0, 0.1) is 0 Å². The lowest BCUT2D eigenvalue weighted by atomic mass is 9.87. The largest absolute Gasteiger partial charge is 0.494 e. The van der Waals surface area contributed by atoms with Crippen molar-refractivity contribution in [2.75, 3.05) is 6.61 Å². The van der Waals surface area contributed by atoms with Crippen LogP contribution in [0.1, 0.15) is 44.7 Å². The summed E-state index contributed by atoms with van der Waals surface area (Å²) in [7, 11) is 0. The van der Waals surface area contributed by atoms with E-state index in [1.54, 1.807) is 24.3 Å². The quantitative estimate of drug-likeness (QED) is 0.231. The van der Waals surface area contributed by atoms with E-state index < -0.39 is 0 Å². The van der Waals surface area contributed by atoms with Crippen molar-refractivity contribution in [2.24, 2.45) is 0 Å². The molecule has 3 rings (SSSR count). The first-order chi connectivity index (χ1) is 14.9. The van der Waals surface area contributed by atoms with Crippen molar-refractivity contribution in [2.45, 2.75) is 45.6 Å². The molecule has 0 saturated heterocycles. The van der Waals surface area contributed by atoms with Gasteiger partial charge in [-0.05, 0) is 59.4 Å². The van der Waals surface area contributed by atoms with Crippen molar-refractivity contribution >= 4 is 5.97 Å². The summed E-state index contributed by atoms with van der Waals surface area (Å²) in [6, 6.07) is 25.2. The van der Waals surface area contributed by atoms with Gasteiger partial charge in [0.15, 0.2) is 0 Å². The number of carbonyl (C=O) groups is 1. The molecule has 0 fully saturated rings. The summed E-state index contributed by atoms with van der Waals surface area (Å²) in [6.07, 6.45) is 0.893. The van der Waals surface area contributed by atoms with Crippen molar-refractivity contribution < 1.29 is 19.0 Å². The predicted octanol–water partition coefficient (Wildman–Crippen LogP) is 6.33. The summed E-state index contributed by atoms with van der Waals surface area (Å²) in [5.41, 5.74) is 2.49. The first kappa shape index (κ1) is 22.4. The van der Waals surface area contributed by atoms with Crippen molar-refractivity contribution in [3.8, 4) is 17.2 Å². The molecule has 0 heterocycles. The average molecular weight is 419 g/mol. The molecule has 0 aromatic heterocycles. The maximum atomic E-state index is 12.1. The van der Waals surface area contributed by atoms with E-state index in [1.807, 2.05) is 42.5 Å². The fourth-order valence-corrected chi connectivity index (χ4v) is 2.98. The van der Waals surface area contributed by atoms with E-state index >= 15 is 0 Å². The van der Waals surface area contributed by atoms with Gasteiger partial charge in [-0.1, -0.05) is 63.2 Å². The molecule has 0 aliphatic rings. The third-order valence-electron chi connectivity index (χ3n) is 4.82. The highest BCUT2D eigenvalue weighted by Gasteiger charge is 2.13. The van der Waals surface area contributed by atoms with Gasteiger partial charge in [0.25, 0.3) is 0 Å². The summed E-state index contributed by atoms with van der Waals surface area (Å²) in [6.45, 7) is 7.51. The Morgan fingerprint density at radius 3 is 1.97 bits per heavy atom. The molecule has 0 atom stereocenters. The van der Waals surface area contributed by atoms with Crippen molar-refractivity contribution in [3.05, 3.63) is 90.0 Å². The van der Waals surface area contributed by atoms with E-state index in [2.05, 4.69) is 32.9 Å². The molecule has 0 aliphatic heterocycles. The SMILES string of the molecule is CC(C)(C)c1ccc(OCCCC(=O)Oc2ccc(OCc3ccccc3)cc2)cc1. The number of carbonyl (C=O) groups excluding carboxylic acids is 1. The number of hydrogen-bond donors (Lipinski definition) is 0. The molecule has 0 amide bonds. The summed E-state index contributed by atoms with van der Waals surface area (Å²) in [5, 5.41) is 0. The van der Waals surface area contributed by atoms with Crippen LogP contribution in [0.15, 0.2) is 78.9 Å². The molecule has 162 valence electrons. The molecular formula is C27H30O4. The van der Waals surface area contributed by atoms with Gasteiger partial charge in [-0.15, -0.1) is 0 Å². The van der Waals surface area contributed by atoms with Gasteiger partial charge in [-0.25, -0.2) is 0 Å². The monoisotopic (exact) mass is 418 g/mol. The van der Waals surface area contributed by atoms with Crippen LogP contribution in [-0.2, 0) is 16.8 Å². The van der Waals surface area contributed by atoms with E-state index in [1.165, 1.54) is 5.56 Å². The Morgan fingerprint density at radius 2 is 1.32 bits per heavy atom.